The Hall–Kier alpha value is -1.85. The highest BCUT2D eigenvalue weighted by Gasteiger charge is 2.39. The number of rotatable bonds is 10. The van der Waals surface area contributed by atoms with Crippen molar-refractivity contribution in [1.29, 1.82) is 0 Å². The van der Waals surface area contributed by atoms with Crippen molar-refractivity contribution in [1.82, 2.24) is 15.5 Å². The van der Waals surface area contributed by atoms with Gasteiger partial charge in [0.05, 0.1) is 12.1 Å². The van der Waals surface area contributed by atoms with Crippen LogP contribution in [0.3, 0.4) is 0 Å². The molecule has 1 aliphatic rings. The van der Waals surface area contributed by atoms with E-state index in [4.69, 9.17) is 10.8 Å². The predicted octanol–water partition coefficient (Wildman–Crippen LogP) is -1.28. The van der Waals surface area contributed by atoms with E-state index in [9.17, 15) is 24.3 Å². The lowest BCUT2D eigenvalue weighted by atomic mass is 9.99. The third kappa shape index (κ3) is 6.58. The van der Waals surface area contributed by atoms with Crippen LogP contribution in [-0.2, 0) is 19.2 Å². The molecule has 1 heterocycles. The van der Waals surface area contributed by atoms with E-state index in [1.807, 2.05) is 13.8 Å². The number of carboxylic acids is 1. The molecule has 29 heavy (non-hydrogen) atoms. The summed E-state index contributed by atoms with van der Waals surface area (Å²) in [5.41, 5.74) is 5.91. The minimum Gasteiger partial charge on any atom is -0.480 e. The summed E-state index contributed by atoms with van der Waals surface area (Å²) in [4.78, 5) is 50.3. The van der Waals surface area contributed by atoms with E-state index in [0.717, 1.165) is 0 Å². The molecule has 11 heteroatoms. The molecule has 0 saturated carbocycles. The minimum absolute atomic E-state index is 0.0219. The van der Waals surface area contributed by atoms with E-state index in [-0.39, 0.29) is 11.7 Å². The second kappa shape index (κ2) is 11.4. The van der Waals surface area contributed by atoms with Crippen LogP contribution in [0.4, 0.5) is 0 Å². The van der Waals surface area contributed by atoms with Gasteiger partial charge in [-0.2, -0.15) is 12.6 Å². The van der Waals surface area contributed by atoms with Crippen molar-refractivity contribution in [3.05, 3.63) is 0 Å². The summed E-state index contributed by atoms with van der Waals surface area (Å²) in [6.45, 7) is 5.29. The Morgan fingerprint density at radius 1 is 1.24 bits per heavy atom. The molecule has 0 aliphatic carbocycles. The molecule has 6 atom stereocenters. The maximum Gasteiger partial charge on any atom is 0.328 e. The smallest absolute Gasteiger partial charge is 0.328 e. The predicted molar refractivity (Wildman–Crippen MR) is 109 cm³/mol. The Labute approximate surface area is 176 Å². The molecule has 3 amide bonds. The van der Waals surface area contributed by atoms with Crippen LogP contribution in [0.1, 0.15) is 40.0 Å². The first-order valence-electron chi connectivity index (χ1n) is 9.73. The third-order valence-corrected chi connectivity index (χ3v) is 5.61. The second-order valence-corrected chi connectivity index (χ2v) is 7.77. The molecule has 1 rings (SSSR count). The number of hydrogen-bond acceptors (Lipinski definition) is 7. The lowest BCUT2D eigenvalue weighted by molar-refractivity contribution is -0.147. The highest BCUT2D eigenvalue weighted by atomic mass is 32.1. The monoisotopic (exact) mass is 432 g/mol. The number of aliphatic hydroxyl groups is 1. The number of nitrogens with one attached hydrogen (secondary N) is 2. The van der Waals surface area contributed by atoms with E-state index >= 15 is 0 Å². The Morgan fingerprint density at radius 2 is 1.86 bits per heavy atom. The zero-order valence-electron chi connectivity index (χ0n) is 17.0. The molecule has 6 N–H and O–H groups in total. The van der Waals surface area contributed by atoms with Crippen molar-refractivity contribution >= 4 is 36.3 Å². The average Bonchev–Trinajstić information content (AvgIpc) is 3.17. The van der Waals surface area contributed by atoms with Gasteiger partial charge in [0.1, 0.15) is 12.1 Å². The summed E-state index contributed by atoms with van der Waals surface area (Å²) in [7, 11) is 0. The van der Waals surface area contributed by atoms with Crippen molar-refractivity contribution in [3.63, 3.8) is 0 Å². The summed E-state index contributed by atoms with van der Waals surface area (Å²) in [5.74, 6) is -3.02. The van der Waals surface area contributed by atoms with Crippen LogP contribution < -0.4 is 16.4 Å². The summed E-state index contributed by atoms with van der Waals surface area (Å²) in [6.07, 6.45) is 0.309. The summed E-state index contributed by atoms with van der Waals surface area (Å²) in [6, 6.07) is -4.09. The maximum absolute atomic E-state index is 12.9. The van der Waals surface area contributed by atoms with Gasteiger partial charge in [0.2, 0.25) is 17.7 Å². The van der Waals surface area contributed by atoms with Gasteiger partial charge < -0.3 is 31.5 Å². The molecule has 166 valence electrons. The molecule has 1 saturated heterocycles. The quantitative estimate of drug-likeness (QED) is 0.234. The average molecular weight is 433 g/mol. The van der Waals surface area contributed by atoms with Crippen LogP contribution in [0.25, 0.3) is 0 Å². The normalized spacial score (nSPS) is 21.6. The van der Waals surface area contributed by atoms with Crippen LogP contribution in [-0.4, -0.2) is 81.4 Å². The van der Waals surface area contributed by atoms with Crippen molar-refractivity contribution in [2.75, 3.05) is 12.3 Å². The molecule has 10 nitrogen and oxygen atoms in total. The first kappa shape index (κ1) is 25.2. The van der Waals surface area contributed by atoms with Gasteiger partial charge in [-0.15, -0.1) is 0 Å². The Balaban J connectivity index is 2.85. The van der Waals surface area contributed by atoms with Gasteiger partial charge >= 0.3 is 5.97 Å². The van der Waals surface area contributed by atoms with Crippen molar-refractivity contribution in [2.45, 2.75) is 70.3 Å². The van der Waals surface area contributed by atoms with Crippen LogP contribution in [0, 0.1) is 5.92 Å². The molecule has 1 aliphatic heterocycles. The Kier molecular flexibility index (Phi) is 9.87. The molecule has 0 aromatic carbocycles. The molecule has 1 fully saturated rings. The second-order valence-electron chi connectivity index (χ2n) is 7.41. The summed E-state index contributed by atoms with van der Waals surface area (Å²) in [5, 5.41) is 23.5. The van der Waals surface area contributed by atoms with Crippen molar-refractivity contribution < 1.29 is 29.4 Å². The number of aliphatic carboxylic acids is 1. The molecule has 0 aromatic heterocycles. The molecule has 0 radical (unpaired) electrons. The highest BCUT2D eigenvalue weighted by Crippen LogP contribution is 2.19. The Bertz CT molecular complexity index is 617. The van der Waals surface area contributed by atoms with Crippen LogP contribution in [0.2, 0.25) is 0 Å². The van der Waals surface area contributed by atoms with Gasteiger partial charge in [0, 0.05) is 12.3 Å². The van der Waals surface area contributed by atoms with Gasteiger partial charge in [-0.1, -0.05) is 20.3 Å². The van der Waals surface area contributed by atoms with Crippen molar-refractivity contribution in [2.24, 2.45) is 11.7 Å². The van der Waals surface area contributed by atoms with E-state index in [1.165, 1.54) is 11.8 Å². The number of carboxylic acid groups (broad SMARTS) is 1. The van der Waals surface area contributed by atoms with Crippen LogP contribution >= 0.6 is 12.6 Å². The van der Waals surface area contributed by atoms with E-state index in [1.54, 1.807) is 0 Å². The topological polar surface area (TPSA) is 162 Å². The lowest BCUT2D eigenvalue weighted by Crippen LogP contribution is -2.58. The fourth-order valence-corrected chi connectivity index (χ4v) is 3.35. The zero-order chi connectivity index (χ0) is 22.3. The van der Waals surface area contributed by atoms with Crippen LogP contribution in [0.15, 0.2) is 0 Å². The van der Waals surface area contributed by atoms with Crippen LogP contribution in [0.5, 0.6) is 0 Å². The largest absolute Gasteiger partial charge is 0.480 e. The number of thiol groups is 1. The third-order valence-electron chi connectivity index (χ3n) is 5.24. The van der Waals surface area contributed by atoms with Gasteiger partial charge in [-0.05, 0) is 25.7 Å². The fourth-order valence-electron chi connectivity index (χ4n) is 3.11. The molecule has 0 aromatic rings. The number of nitrogens with zero attached hydrogens (tertiary/aromatic N) is 1. The standard InChI is InChI=1S/C18H32N4O6S/c1-4-9(2)13(19)16(25)20-11(8-29)17(26)22-7-5-6-12(22)15(24)21-14(10(3)23)18(27)28/h9-14,23,29H,4-8,19H2,1-3H3,(H,20,25)(H,21,24)(H,27,28). The maximum atomic E-state index is 12.9. The van der Waals surface area contributed by atoms with Gasteiger partial charge in [0.25, 0.3) is 0 Å². The number of carbonyl (C=O) groups is 4. The summed E-state index contributed by atoms with van der Waals surface area (Å²) < 4.78 is 0. The molecular weight excluding hydrogens is 400 g/mol. The SMILES string of the molecule is CCC(C)C(N)C(=O)NC(CS)C(=O)N1CCCC1C(=O)NC(C(=O)O)C(C)O. The van der Waals surface area contributed by atoms with E-state index < -0.39 is 54.0 Å². The first-order valence-corrected chi connectivity index (χ1v) is 10.4. The van der Waals surface area contributed by atoms with Gasteiger partial charge in [-0.25, -0.2) is 4.79 Å². The summed E-state index contributed by atoms with van der Waals surface area (Å²) >= 11 is 4.14. The van der Waals surface area contributed by atoms with Gasteiger partial charge in [-0.3, -0.25) is 14.4 Å². The number of carbonyl (C=O) groups excluding carboxylic acids is 3. The number of hydrogen-bond donors (Lipinski definition) is 6. The van der Waals surface area contributed by atoms with Crippen molar-refractivity contribution in [3.8, 4) is 0 Å². The number of likely N-dealkylation sites (tertiary alicyclic amines) is 1. The van der Waals surface area contributed by atoms with E-state index in [0.29, 0.717) is 25.8 Å². The minimum atomic E-state index is -1.48. The molecule has 0 spiro atoms. The van der Waals surface area contributed by atoms with E-state index in [2.05, 4.69) is 23.3 Å². The first-order chi connectivity index (χ1) is 13.5. The number of amides is 3. The highest BCUT2D eigenvalue weighted by molar-refractivity contribution is 7.80. The number of aliphatic hydroxyl groups excluding tert-OH is 1. The fraction of sp³-hybridized carbons (Fsp3) is 0.778. The Morgan fingerprint density at radius 3 is 2.34 bits per heavy atom. The molecule has 0 bridgehead atoms. The molecular formula is C18H32N4O6S. The molecule has 6 unspecified atom stereocenters. The lowest BCUT2D eigenvalue weighted by Gasteiger charge is -2.30. The van der Waals surface area contributed by atoms with Gasteiger partial charge in [0.15, 0.2) is 6.04 Å². The zero-order valence-corrected chi connectivity index (χ0v) is 17.9. The number of nitrogens with two attached hydrogens (primary N) is 1.